The van der Waals surface area contributed by atoms with Gasteiger partial charge in [-0.25, -0.2) is 0 Å². The number of hydrogen-bond acceptors (Lipinski definition) is 6. The van der Waals surface area contributed by atoms with Gasteiger partial charge in [-0.1, -0.05) is 22.0 Å². The van der Waals surface area contributed by atoms with Crippen molar-refractivity contribution in [3.63, 3.8) is 0 Å². The summed E-state index contributed by atoms with van der Waals surface area (Å²) in [6.45, 7) is 9.12. The highest BCUT2D eigenvalue weighted by atomic mass is 79.9. The molecular weight excluding hydrogens is 486 g/mol. The monoisotopic (exact) mass is 513 g/mol. The van der Waals surface area contributed by atoms with Crippen LogP contribution in [0.3, 0.4) is 0 Å². The van der Waals surface area contributed by atoms with Crippen LogP contribution in [0.25, 0.3) is 0 Å². The second kappa shape index (κ2) is 9.94. The molecule has 2 aromatic carbocycles. The third-order valence-electron chi connectivity index (χ3n) is 5.47. The lowest BCUT2D eigenvalue weighted by Gasteiger charge is -2.22. The van der Waals surface area contributed by atoms with E-state index in [-0.39, 0.29) is 34.8 Å². The standard InChI is InChI=1S/C25H28BrN3O4/c1-15-19(6-5-7-20(15)26)23(31)28-21-11-16(10-18(12-27)22(21)30)13-29-9-8-17(14-29)24(32)33-25(2,3)4/h5-7,10-11,17,30H,8-9,13-14H2,1-4H3,(H,28,31)/t17-/m1/s1. The molecule has 0 aromatic heterocycles. The Balaban J connectivity index is 1.76. The minimum atomic E-state index is -0.525. The van der Waals surface area contributed by atoms with E-state index in [4.69, 9.17) is 4.74 Å². The van der Waals surface area contributed by atoms with Crippen LogP contribution < -0.4 is 5.32 Å². The van der Waals surface area contributed by atoms with Crippen LogP contribution in [-0.4, -0.2) is 40.6 Å². The zero-order valence-electron chi connectivity index (χ0n) is 19.2. The minimum Gasteiger partial charge on any atom is -0.504 e. The normalized spacial score (nSPS) is 16.3. The quantitative estimate of drug-likeness (QED) is 0.441. The van der Waals surface area contributed by atoms with Crippen LogP contribution >= 0.6 is 15.9 Å². The van der Waals surface area contributed by atoms with Crippen molar-refractivity contribution in [3.05, 3.63) is 57.1 Å². The Morgan fingerprint density at radius 1 is 1.33 bits per heavy atom. The summed E-state index contributed by atoms with van der Waals surface area (Å²) in [6.07, 6.45) is 0.698. The summed E-state index contributed by atoms with van der Waals surface area (Å²) < 4.78 is 6.31. The number of ether oxygens (including phenoxy) is 1. The number of phenolic OH excluding ortho intramolecular Hbond substituents is 1. The maximum absolute atomic E-state index is 12.8. The van der Waals surface area contributed by atoms with Gasteiger partial charge in [-0.15, -0.1) is 0 Å². The number of halogens is 1. The van der Waals surface area contributed by atoms with Gasteiger partial charge in [0.1, 0.15) is 11.7 Å². The van der Waals surface area contributed by atoms with Crippen molar-refractivity contribution in [2.45, 2.75) is 46.3 Å². The van der Waals surface area contributed by atoms with Gasteiger partial charge in [0.15, 0.2) is 5.75 Å². The number of esters is 1. The highest BCUT2D eigenvalue weighted by Crippen LogP contribution is 2.32. The number of rotatable bonds is 5. The molecule has 174 valence electrons. The van der Waals surface area contributed by atoms with E-state index in [0.717, 1.165) is 15.6 Å². The van der Waals surface area contributed by atoms with E-state index in [0.29, 0.717) is 31.6 Å². The molecule has 0 radical (unpaired) electrons. The molecule has 0 unspecified atom stereocenters. The fourth-order valence-corrected chi connectivity index (χ4v) is 4.19. The first-order valence-electron chi connectivity index (χ1n) is 10.8. The van der Waals surface area contributed by atoms with Gasteiger partial charge >= 0.3 is 5.97 Å². The SMILES string of the molecule is Cc1c(Br)cccc1C(=O)Nc1cc(CN2CC[C@@H](C(=O)OC(C)(C)C)C2)cc(C#N)c1O. The van der Waals surface area contributed by atoms with Crippen molar-refractivity contribution >= 4 is 33.5 Å². The molecule has 3 rings (SSSR count). The molecule has 1 atom stereocenters. The molecule has 1 heterocycles. The molecule has 0 bridgehead atoms. The molecule has 7 nitrogen and oxygen atoms in total. The molecule has 1 saturated heterocycles. The summed E-state index contributed by atoms with van der Waals surface area (Å²) in [5.41, 5.74) is 1.73. The predicted molar refractivity (Wildman–Crippen MR) is 129 cm³/mol. The molecule has 0 aliphatic carbocycles. The van der Waals surface area contributed by atoms with Gasteiger partial charge in [0.2, 0.25) is 0 Å². The molecule has 2 aromatic rings. The molecule has 1 aliphatic heterocycles. The number of nitrogens with zero attached hydrogens (tertiary/aromatic N) is 2. The smallest absolute Gasteiger partial charge is 0.310 e. The number of aromatic hydroxyl groups is 1. The molecule has 1 aliphatic rings. The summed E-state index contributed by atoms with van der Waals surface area (Å²) in [7, 11) is 0. The van der Waals surface area contributed by atoms with E-state index < -0.39 is 5.60 Å². The second-order valence-corrected chi connectivity index (χ2v) is 10.1. The fourth-order valence-electron chi connectivity index (χ4n) is 3.82. The average molecular weight is 514 g/mol. The van der Waals surface area contributed by atoms with E-state index in [1.54, 1.807) is 24.3 Å². The van der Waals surface area contributed by atoms with Crippen LogP contribution in [0.5, 0.6) is 5.75 Å². The van der Waals surface area contributed by atoms with Crippen LogP contribution in [0.15, 0.2) is 34.8 Å². The van der Waals surface area contributed by atoms with Crippen molar-refractivity contribution in [3.8, 4) is 11.8 Å². The number of hydrogen-bond donors (Lipinski definition) is 2. The molecular formula is C25H28BrN3O4. The second-order valence-electron chi connectivity index (χ2n) is 9.27. The predicted octanol–water partition coefficient (Wildman–Crippen LogP) is 4.75. The van der Waals surface area contributed by atoms with Crippen molar-refractivity contribution in [2.24, 2.45) is 5.92 Å². The first kappa shape index (κ1) is 24.7. The van der Waals surface area contributed by atoms with E-state index in [2.05, 4.69) is 26.1 Å². The highest BCUT2D eigenvalue weighted by molar-refractivity contribution is 9.10. The van der Waals surface area contributed by atoms with E-state index in [1.807, 2.05) is 39.8 Å². The Hall–Kier alpha value is -2.89. The molecule has 1 fully saturated rings. The topological polar surface area (TPSA) is 103 Å². The van der Waals surface area contributed by atoms with Crippen LogP contribution in [0.1, 0.15) is 54.2 Å². The minimum absolute atomic E-state index is 0.0802. The van der Waals surface area contributed by atoms with Gasteiger partial charge in [0.25, 0.3) is 5.91 Å². The third-order valence-corrected chi connectivity index (χ3v) is 6.33. The Morgan fingerprint density at radius 3 is 2.73 bits per heavy atom. The maximum Gasteiger partial charge on any atom is 0.310 e. The Kier molecular flexibility index (Phi) is 7.45. The summed E-state index contributed by atoms with van der Waals surface area (Å²) in [6, 6.07) is 10.6. The van der Waals surface area contributed by atoms with E-state index in [1.165, 1.54) is 0 Å². The summed E-state index contributed by atoms with van der Waals surface area (Å²) in [5, 5.41) is 22.7. The number of nitrogens with one attached hydrogen (secondary N) is 1. The average Bonchev–Trinajstić information content (AvgIpc) is 3.19. The summed E-state index contributed by atoms with van der Waals surface area (Å²) >= 11 is 3.42. The van der Waals surface area contributed by atoms with Crippen molar-refractivity contribution in [2.75, 3.05) is 18.4 Å². The maximum atomic E-state index is 12.8. The summed E-state index contributed by atoms with van der Waals surface area (Å²) in [5.74, 6) is -1.05. The van der Waals surface area contributed by atoms with Gasteiger partial charge in [0.05, 0.1) is 17.2 Å². The van der Waals surface area contributed by atoms with E-state index >= 15 is 0 Å². The molecule has 0 saturated carbocycles. The first-order chi connectivity index (χ1) is 15.5. The van der Waals surface area contributed by atoms with Crippen LogP contribution in [-0.2, 0) is 16.1 Å². The fraction of sp³-hybridized carbons (Fsp3) is 0.400. The molecule has 0 spiro atoms. The number of phenols is 1. The van der Waals surface area contributed by atoms with Crippen molar-refractivity contribution < 1.29 is 19.4 Å². The zero-order valence-corrected chi connectivity index (χ0v) is 20.8. The number of benzene rings is 2. The van der Waals surface area contributed by atoms with Gasteiger partial charge in [-0.3, -0.25) is 14.5 Å². The van der Waals surface area contributed by atoms with Gasteiger partial charge in [-0.05, 0) is 76.1 Å². The Morgan fingerprint density at radius 2 is 2.06 bits per heavy atom. The van der Waals surface area contributed by atoms with E-state index in [9.17, 15) is 20.0 Å². The zero-order chi connectivity index (χ0) is 24.3. The van der Waals surface area contributed by atoms with Gasteiger partial charge in [-0.2, -0.15) is 5.26 Å². The van der Waals surface area contributed by atoms with Crippen molar-refractivity contribution in [1.29, 1.82) is 5.26 Å². The largest absolute Gasteiger partial charge is 0.504 e. The van der Waals surface area contributed by atoms with Gasteiger partial charge in [0, 0.05) is 23.1 Å². The van der Waals surface area contributed by atoms with Gasteiger partial charge < -0.3 is 15.2 Å². The Bertz CT molecular complexity index is 1120. The lowest BCUT2D eigenvalue weighted by molar-refractivity contribution is -0.159. The molecule has 1 amide bonds. The lowest BCUT2D eigenvalue weighted by atomic mass is 10.1. The molecule has 33 heavy (non-hydrogen) atoms. The highest BCUT2D eigenvalue weighted by Gasteiger charge is 2.32. The lowest BCUT2D eigenvalue weighted by Crippen LogP contribution is -2.30. The Labute approximate surface area is 202 Å². The van der Waals surface area contributed by atoms with Crippen LogP contribution in [0, 0.1) is 24.2 Å². The number of amides is 1. The number of nitriles is 1. The number of carbonyl (C=O) groups is 2. The molecule has 8 heteroatoms. The van der Waals surface area contributed by atoms with Crippen LogP contribution in [0.4, 0.5) is 5.69 Å². The summed E-state index contributed by atoms with van der Waals surface area (Å²) in [4.78, 5) is 27.3. The number of likely N-dealkylation sites (tertiary alicyclic amines) is 1. The number of anilines is 1. The van der Waals surface area contributed by atoms with Crippen molar-refractivity contribution in [1.82, 2.24) is 4.90 Å². The molecule has 2 N–H and O–H groups in total. The first-order valence-corrected chi connectivity index (χ1v) is 11.6. The number of carbonyl (C=O) groups excluding carboxylic acids is 2. The third kappa shape index (κ3) is 6.12. The van der Waals surface area contributed by atoms with Crippen LogP contribution in [0.2, 0.25) is 0 Å².